The molecule has 0 bridgehead atoms. The third-order valence-corrected chi connectivity index (χ3v) is 4.93. The second kappa shape index (κ2) is 13.8. The number of carbonyl (C=O) groups excluding carboxylic acids is 3. The Bertz CT molecular complexity index is 1130. The highest BCUT2D eigenvalue weighted by Gasteiger charge is 2.21. The number of aliphatic imine (C=N–C) groups is 1. The first kappa shape index (κ1) is 27.4. The van der Waals surface area contributed by atoms with Crippen molar-refractivity contribution in [2.75, 3.05) is 25.5 Å². The molecule has 0 saturated heterocycles. The van der Waals surface area contributed by atoms with Gasteiger partial charge in [0.25, 0.3) is 5.91 Å². The van der Waals surface area contributed by atoms with Crippen LogP contribution in [0.25, 0.3) is 0 Å². The van der Waals surface area contributed by atoms with Crippen LogP contribution in [-0.4, -0.2) is 43.9 Å². The van der Waals surface area contributed by atoms with Gasteiger partial charge in [0.1, 0.15) is 0 Å². The third kappa shape index (κ3) is 9.16. The zero-order valence-corrected chi connectivity index (χ0v) is 20.5. The first-order chi connectivity index (χ1) is 16.7. The molecule has 0 saturated carbocycles. The normalized spacial score (nSPS) is 11.6. The van der Waals surface area contributed by atoms with E-state index in [4.69, 9.17) is 33.2 Å². The van der Waals surface area contributed by atoms with Crippen LogP contribution in [0.15, 0.2) is 47.5 Å². The molecular weight excluding hydrogens is 495 g/mol. The Kier molecular flexibility index (Phi) is 10.8. The first-order valence-corrected chi connectivity index (χ1v) is 11.2. The first-order valence-electron chi connectivity index (χ1n) is 10.4. The van der Waals surface area contributed by atoms with Crippen LogP contribution in [0.1, 0.15) is 35.3 Å². The highest BCUT2D eigenvalue weighted by atomic mass is 35.5. The van der Waals surface area contributed by atoms with Gasteiger partial charge in [0.05, 0.1) is 25.6 Å². The maximum absolute atomic E-state index is 12.6. The Morgan fingerprint density at radius 1 is 1.14 bits per heavy atom. The molecule has 0 heterocycles. The summed E-state index contributed by atoms with van der Waals surface area (Å²) in [6.45, 7) is 1.53. The summed E-state index contributed by atoms with van der Waals surface area (Å²) < 4.78 is 4.99. The summed E-state index contributed by atoms with van der Waals surface area (Å²) >= 11 is 12.1. The summed E-state index contributed by atoms with van der Waals surface area (Å²) in [5, 5.41) is 19.9. The number of guanidine groups is 1. The number of hydrogen-bond donors (Lipinski definition) is 4. The Balaban J connectivity index is 2.05. The molecular formula is C23H24Cl2N6O4. The number of nitrogens with one attached hydrogen (secondary N) is 4. The van der Waals surface area contributed by atoms with E-state index in [0.29, 0.717) is 21.3 Å². The highest BCUT2D eigenvalue weighted by Crippen LogP contribution is 2.25. The van der Waals surface area contributed by atoms with Crippen LogP contribution in [0.2, 0.25) is 10.0 Å². The number of ether oxygens (including phenoxy) is 1. The summed E-state index contributed by atoms with van der Waals surface area (Å²) in [6.07, 6.45) is 1.61. The Labute approximate surface area is 212 Å². The van der Waals surface area contributed by atoms with Crippen molar-refractivity contribution in [1.29, 1.82) is 5.26 Å². The van der Waals surface area contributed by atoms with Crippen LogP contribution < -0.4 is 21.3 Å². The maximum Gasteiger partial charge on any atom is 0.308 e. The largest absolute Gasteiger partial charge is 0.466 e. The lowest BCUT2D eigenvalue weighted by atomic mass is 10.0. The monoisotopic (exact) mass is 518 g/mol. The molecule has 0 aliphatic carbocycles. The van der Waals surface area contributed by atoms with E-state index in [-0.39, 0.29) is 31.1 Å². The molecule has 2 amide bonds. The van der Waals surface area contributed by atoms with Crippen LogP contribution in [0.4, 0.5) is 5.69 Å². The average molecular weight is 519 g/mol. The van der Waals surface area contributed by atoms with Crippen LogP contribution in [-0.2, 0) is 14.3 Å². The van der Waals surface area contributed by atoms with E-state index < -0.39 is 23.8 Å². The number of hydrogen-bond acceptors (Lipinski definition) is 6. The molecule has 0 aromatic heterocycles. The van der Waals surface area contributed by atoms with E-state index in [9.17, 15) is 14.4 Å². The number of esters is 1. The lowest BCUT2D eigenvalue weighted by molar-refractivity contribution is -0.143. The molecule has 12 heteroatoms. The highest BCUT2D eigenvalue weighted by molar-refractivity contribution is 6.34. The van der Waals surface area contributed by atoms with E-state index in [1.54, 1.807) is 43.4 Å². The Morgan fingerprint density at radius 2 is 1.86 bits per heavy atom. The molecule has 35 heavy (non-hydrogen) atoms. The lowest BCUT2D eigenvalue weighted by Crippen LogP contribution is -2.39. The Hall–Kier alpha value is -3.81. The number of nitrogens with zero attached hydrogens (tertiary/aromatic N) is 2. The zero-order valence-electron chi connectivity index (χ0n) is 19.0. The van der Waals surface area contributed by atoms with Crippen LogP contribution in [0, 0.1) is 11.5 Å². The van der Waals surface area contributed by atoms with Crippen molar-refractivity contribution in [1.82, 2.24) is 16.0 Å². The predicted octanol–water partition coefficient (Wildman–Crippen LogP) is 3.00. The van der Waals surface area contributed by atoms with Crippen molar-refractivity contribution >= 4 is 52.6 Å². The fraction of sp³-hybridized carbons (Fsp3) is 0.261. The molecule has 184 valence electrons. The van der Waals surface area contributed by atoms with Gasteiger partial charge < -0.3 is 20.7 Å². The van der Waals surface area contributed by atoms with E-state index in [0.717, 1.165) is 0 Å². The summed E-state index contributed by atoms with van der Waals surface area (Å²) in [7, 11) is 1.49. The average Bonchev–Trinajstić information content (AvgIpc) is 2.81. The number of benzene rings is 2. The van der Waals surface area contributed by atoms with Crippen molar-refractivity contribution in [3.63, 3.8) is 0 Å². The van der Waals surface area contributed by atoms with Crippen molar-refractivity contribution in [3.05, 3.63) is 63.6 Å². The molecule has 2 aromatic rings. The molecule has 0 spiro atoms. The van der Waals surface area contributed by atoms with Crippen molar-refractivity contribution in [2.24, 2.45) is 4.99 Å². The minimum atomic E-state index is -0.762. The molecule has 0 radical (unpaired) electrons. The second-order valence-corrected chi connectivity index (χ2v) is 7.90. The van der Waals surface area contributed by atoms with Crippen LogP contribution in [0.5, 0.6) is 0 Å². The van der Waals surface area contributed by atoms with Crippen molar-refractivity contribution < 1.29 is 19.1 Å². The molecule has 2 aromatic carbocycles. The zero-order chi connectivity index (χ0) is 25.8. The summed E-state index contributed by atoms with van der Waals surface area (Å²) in [5.41, 5.74) is 1.31. The van der Waals surface area contributed by atoms with Gasteiger partial charge in [0.2, 0.25) is 11.9 Å². The van der Waals surface area contributed by atoms with Gasteiger partial charge in [-0.1, -0.05) is 29.3 Å². The van der Waals surface area contributed by atoms with E-state index >= 15 is 0 Å². The van der Waals surface area contributed by atoms with Gasteiger partial charge in [-0.05, 0) is 48.9 Å². The van der Waals surface area contributed by atoms with Gasteiger partial charge in [0, 0.05) is 28.3 Å². The van der Waals surface area contributed by atoms with Crippen LogP contribution >= 0.6 is 23.2 Å². The predicted molar refractivity (Wildman–Crippen MR) is 133 cm³/mol. The summed E-state index contributed by atoms with van der Waals surface area (Å²) in [6, 6.07) is 10.4. The SMILES string of the molecule is CCOC(=O)CC(NC(=O)CNC(=O)c1cccc(NC(=NC)NC#N)c1)c1cc(Cl)cc(Cl)c1. The smallest absolute Gasteiger partial charge is 0.308 e. The molecule has 0 fully saturated rings. The van der Waals surface area contributed by atoms with Gasteiger partial charge in [-0.25, -0.2) is 0 Å². The number of anilines is 1. The summed E-state index contributed by atoms with van der Waals surface area (Å²) in [4.78, 5) is 41.1. The number of carbonyl (C=O) groups is 3. The number of nitriles is 1. The molecule has 0 aliphatic rings. The maximum atomic E-state index is 12.6. The standard InChI is InChI=1S/C23H24Cl2N6O4/c1-3-35-21(33)11-19(15-7-16(24)10-17(25)8-15)31-20(32)12-28-22(34)14-5-4-6-18(9-14)30-23(27-2)29-13-26/h4-10,19H,3,11-12H2,1-2H3,(H,28,34)(H,31,32)(H2,27,29,30). The number of halogens is 2. The van der Waals surface area contributed by atoms with Crippen molar-refractivity contribution in [2.45, 2.75) is 19.4 Å². The minimum absolute atomic E-state index is 0.143. The molecule has 2 rings (SSSR count). The van der Waals surface area contributed by atoms with Gasteiger partial charge in [-0.2, -0.15) is 5.26 Å². The fourth-order valence-electron chi connectivity index (χ4n) is 2.99. The van der Waals surface area contributed by atoms with Gasteiger partial charge >= 0.3 is 5.97 Å². The van der Waals surface area contributed by atoms with E-state index in [2.05, 4.69) is 26.3 Å². The quantitative estimate of drug-likeness (QED) is 0.131. The fourth-order valence-corrected chi connectivity index (χ4v) is 3.54. The van der Waals surface area contributed by atoms with Gasteiger partial charge in [-0.3, -0.25) is 24.7 Å². The topological polar surface area (TPSA) is 145 Å². The van der Waals surface area contributed by atoms with E-state index in [1.165, 1.54) is 19.2 Å². The molecule has 4 N–H and O–H groups in total. The number of rotatable bonds is 9. The second-order valence-electron chi connectivity index (χ2n) is 7.03. The Morgan fingerprint density at radius 3 is 2.49 bits per heavy atom. The molecule has 1 atom stereocenters. The molecule has 10 nitrogen and oxygen atoms in total. The molecule has 1 unspecified atom stereocenters. The third-order valence-electron chi connectivity index (χ3n) is 4.49. The number of amides is 2. The summed E-state index contributed by atoms with van der Waals surface area (Å²) in [5.74, 6) is -1.34. The lowest BCUT2D eigenvalue weighted by Gasteiger charge is -2.19. The minimum Gasteiger partial charge on any atom is -0.466 e. The molecule has 0 aliphatic heterocycles. The van der Waals surface area contributed by atoms with Crippen molar-refractivity contribution in [3.8, 4) is 6.19 Å². The van der Waals surface area contributed by atoms with Gasteiger partial charge in [0.15, 0.2) is 6.19 Å². The van der Waals surface area contributed by atoms with E-state index in [1.807, 2.05) is 0 Å². The van der Waals surface area contributed by atoms with Gasteiger partial charge in [-0.15, -0.1) is 0 Å². The van der Waals surface area contributed by atoms with Crippen LogP contribution in [0.3, 0.4) is 0 Å².